The van der Waals surface area contributed by atoms with Crippen LogP contribution in [0.4, 0.5) is 0 Å². The summed E-state index contributed by atoms with van der Waals surface area (Å²) < 4.78 is 0. The number of carbonyl (C=O) groups excluding carboxylic acids is 1. The van der Waals surface area contributed by atoms with Crippen LogP contribution < -0.4 is 10.6 Å². The summed E-state index contributed by atoms with van der Waals surface area (Å²) in [5, 5.41) is 7.35. The molecule has 0 amide bonds. The van der Waals surface area contributed by atoms with Crippen LogP contribution in [0.3, 0.4) is 0 Å². The van der Waals surface area contributed by atoms with Crippen LogP contribution in [0.15, 0.2) is 0 Å². The molecule has 0 aromatic carbocycles. The van der Waals surface area contributed by atoms with Crippen LogP contribution in [0.1, 0.15) is 27.2 Å². The van der Waals surface area contributed by atoms with E-state index in [1.54, 1.807) is 6.92 Å². The number of likely N-dealkylation sites (N-methyl/N-ethyl adjacent to an activating group) is 1. The largest absolute Gasteiger partial charge is 0.316 e. The quantitative estimate of drug-likeness (QED) is 0.771. The monoisotopic (exact) mass is 265 g/mol. The number of nitrogens with zero attached hydrogens (tertiary/aromatic N) is 1. The molecular weight excluding hydrogens is 238 g/mol. The lowest BCUT2D eigenvalue weighted by Gasteiger charge is -2.35. The maximum absolute atomic E-state index is 12.1. The van der Waals surface area contributed by atoms with Gasteiger partial charge in [0, 0.05) is 6.04 Å². The summed E-state index contributed by atoms with van der Waals surface area (Å²) in [6.07, 6.45) is 1.62. The third-order valence-corrected chi connectivity index (χ3v) is 5.65. The van der Waals surface area contributed by atoms with Gasteiger partial charge in [0.2, 0.25) is 0 Å². The summed E-state index contributed by atoms with van der Waals surface area (Å²) in [6.45, 7) is 8.55. The summed E-state index contributed by atoms with van der Waals surface area (Å²) in [5.74, 6) is 2.70. The van der Waals surface area contributed by atoms with Gasteiger partial charge in [-0.1, -0.05) is 13.8 Å². The van der Waals surface area contributed by atoms with Gasteiger partial charge >= 0.3 is 0 Å². The van der Waals surface area contributed by atoms with Gasteiger partial charge in [-0.05, 0) is 57.2 Å². The second-order valence-corrected chi connectivity index (χ2v) is 6.99. The van der Waals surface area contributed by atoms with Gasteiger partial charge in [0.05, 0.1) is 12.2 Å². The molecule has 0 aromatic heterocycles. The van der Waals surface area contributed by atoms with Gasteiger partial charge in [0.1, 0.15) is 5.78 Å². The second kappa shape index (κ2) is 4.83. The highest BCUT2D eigenvalue weighted by atomic mass is 16.1. The van der Waals surface area contributed by atoms with Crippen LogP contribution >= 0.6 is 0 Å². The summed E-state index contributed by atoms with van der Waals surface area (Å²) in [7, 11) is 2.13. The number of ketones is 1. The fourth-order valence-corrected chi connectivity index (χ4v) is 4.97. The molecule has 19 heavy (non-hydrogen) atoms. The third kappa shape index (κ3) is 1.96. The van der Waals surface area contributed by atoms with Crippen molar-refractivity contribution in [3.63, 3.8) is 0 Å². The van der Waals surface area contributed by atoms with E-state index in [2.05, 4.69) is 36.4 Å². The molecule has 0 bridgehead atoms. The standard InChI is InChI=1S/C15H27N3O/c1-8(2)12-13-10-7-16-6-5-11(10)17-15(13)18(4)14(12)9(3)19/h8,10-17H,5-7H2,1-4H3. The maximum Gasteiger partial charge on any atom is 0.147 e. The Morgan fingerprint density at radius 3 is 2.74 bits per heavy atom. The zero-order valence-electron chi connectivity index (χ0n) is 12.5. The second-order valence-electron chi connectivity index (χ2n) is 6.99. The molecule has 6 unspecified atom stereocenters. The van der Waals surface area contributed by atoms with Gasteiger partial charge in [-0.3, -0.25) is 15.0 Å². The molecule has 3 heterocycles. The van der Waals surface area contributed by atoms with E-state index in [9.17, 15) is 4.79 Å². The lowest BCUT2D eigenvalue weighted by Crippen LogP contribution is -2.50. The average Bonchev–Trinajstić information content (AvgIpc) is 2.85. The highest BCUT2D eigenvalue weighted by Gasteiger charge is 2.58. The molecule has 4 nitrogen and oxygen atoms in total. The normalized spacial score (nSPS) is 46.4. The first-order valence-electron chi connectivity index (χ1n) is 7.71. The zero-order chi connectivity index (χ0) is 13.7. The highest BCUT2D eigenvalue weighted by Crippen LogP contribution is 2.47. The topological polar surface area (TPSA) is 44.4 Å². The Morgan fingerprint density at radius 1 is 1.37 bits per heavy atom. The summed E-state index contributed by atoms with van der Waals surface area (Å²) in [5.41, 5.74) is 0. The molecule has 3 aliphatic rings. The molecule has 0 radical (unpaired) electrons. The van der Waals surface area contributed by atoms with Gasteiger partial charge in [0.15, 0.2) is 0 Å². The maximum atomic E-state index is 12.1. The number of rotatable bonds is 2. The molecule has 0 aliphatic carbocycles. The number of nitrogens with one attached hydrogen (secondary N) is 2. The lowest BCUT2D eigenvalue weighted by molar-refractivity contribution is -0.123. The number of Topliss-reactive ketones (excluding diaryl/α,β-unsaturated/α-hetero) is 1. The molecule has 0 saturated carbocycles. The molecule has 3 fully saturated rings. The molecule has 108 valence electrons. The Morgan fingerprint density at radius 2 is 2.11 bits per heavy atom. The van der Waals surface area contributed by atoms with Crippen molar-refractivity contribution in [1.29, 1.82) is 0 Å². The average molecular weight is 265 g/mol. The van der Waals surface area contributed by atoms with E-state index in [4.69, 9.17) is 0 Å². The van der Waals surface area contributed by atoms with E-state index < -0.39 is 0 Å². The van der Waals surface area contributed by atoms with Crippen molar-refractivity contribution in [2.45, 2.75) is 45.4 Å². The number of hydrogen-bond donors (Lipinski definition) is 2. The predicted octanol–water partition coefficient (Wildman–Crippen LogP) is 0.685. The molecule has 3 saturated heterocycles. The minimum absolute atomic E-state index is 0.102. The highest BCUT2D eigenvalue weighted by molar-refractivity contribution is 5.82. The first-order chi connectivity index (χ1) is 9.02. The van der Waals surface area contributed by atoms with Crippen LogP contribution in [0, 0.1) is 23.7 Å². The molecule has 3 aliphatic heterocycles. The van der Waals surface area contributed by atoms with Crippen molar-refractivity contribution >= 4 is 5.78 Å². The van der Waals surface area contributed by atoms with Gasteiger partial charge in [0.25, 0.3) is 0 Å². The Bertz CT molecular complexity index is 370. The number of piperidine rings is 1. The molecular formula is C15H27N3O. The molecule has 0 spiro atoms. The van der Waals surface area contributed by atoms with E-state index in [1.807, 2.05) is 0 Å². The van der Waals surface area contributed by atoms with Crippen molar-refractivity contribution in [3.8, 4) is 0 Å². The summed E-state index contributed by atoms with van der Waals surface area (Å²) >= 11 is 0. The fourth-order valence-electron chi connectivity index (χ4n) is 4.97. The van der Waals surface area contributed by atoms with Gasteiger partial charge < -0.3 is 5.32 Å². The number of likely N-dealkylation sites (tertiary alicyclic amines) is 1. The number of carbonyl (C=O) groups is 1. The minimum Gasteiger partial charge on any atom is -0.316 e. The van der Waals surface area contributed by atoms with Crippen LogP contribution in [0.25, 0.3) is 0 Å². The summed E-state index contributed by atoms with van der Waals surface area (Å²) in [6, 6.07) is 0.748. The molecule has 6 atom stereocenters. The van der Waals surface area contributed by atoms with Crippen molar-refractivity contribution < 1.29 is 4.79 Å². The van der Waals surface area contributed by atoms with E-state index in [-0.39, 0.29) is 6.04 Å². The SMILES string of the molecule is CC(=O)C1C(C(C)C)C2C3CNCCC3NC2N1C. The van der Waals surface area contributed by atoms with Gasteiger partial charge in [-0.25, -0.2) is 0 Å². The van der Waals surface area contributed by atoms with E-state index >= 15 is 0 Å². The van der Waals surface area contributed by atoms with E-state index in [1.165, 1.54) is 6.42 Å². The summed E-state index contributed by atoms with van der Waals surface area (Å²) in [4.78, 5) is 14.4. The zero-order valence-corrected chi connectivity index (χ0v) is 12.5. The van der Waals surface area contributed by atoms with Crippen LogP contribution in [0.5, 0.6) is 0 Å². The molecule has 0 aromatic rings. The first-order valence-corrected chi connectivity index (χ1v) is 7.71. The van der Waals surface area contributed by atoms with Crippen molar-refractivity contribution in [2.24, 2.45) is 23.7 Å². The minimum atomic E-state index is 0.102. The van der Waals surface area contributed by atoms with Gasteiger partial charge in [-0.15, -0.1) is 0 Å². The van der Waals surface area contributed by atoms with Crippen molar-refractivity contribution in [2.75, 3.05) is 20.1 Å². The van der Waals surface area contributed by atoms with Crippen LogP contribution in [-0.4, -0.2) is 49.1 Å². The Kier molecular flexibility index (Phi) is 3.44. The predicted molar refractivity (Wildman–Crippen MR) is 75.7 cm³/mol. The first kappa shape index (κ1) is 13.5. The Hall–Kier alpha value is -0.450. The van der Waals surface area contributed by atoms with Crippen LogP contribution in [0.2, 0.25) is 0 Å². The molecule has 4 heteroatoms. The lowest BCUT2D eigenvalue weighted by atomic mass is 9.72. The van der Waals surface area contributed by atoms with Crippen LogP contribution in [-0.2, 0) is 4.79 Å². The Labute approximate surface area is 116 Å². The Balaban J connectivity index is 1.92. The number of fused-ring (bicyclic) bond motifs is 3. The molecule has 3 rings (SSSR count). The fraction of sp³-hybridized carbons (Fsp3) is 0.933. The van der Waals surface area contributed by atoms with Crippen molar-refractivity contribution in [3.05, 3.63) is 0 Å². The van der Waals surface area contributed by atoms with Crippen molar-refractivity contribution in [1.82, 2.24) is 15.5 Å². The smallest absolute Gasteiger partial charge is 0.147 e. The molecule has 2 N–H and O–H groups in total. The third-order valence-electron chi connectivity index (χ3n) is 5.65. The van der Waals surface area contributed by atoms with E-state index in [0.29, 0.717) is 41.7 Å². The number of hydrogen-bond acceptors (Lipinski definition) is 4. The van der Waals surface area contributed by atoms with Gasteiger partial charge in [-0.2, -0.15) is 0 Å². The van der Waals surface area contributed by atoms with E-state index in [0.717, 1.165) is 13.1 Å².